The second kappa shape index (κ2) is 8.29. The summed E-state index contributed by atoms with van der Waals surface area (Å²) in [5, 5.41) is 11.3. The zero-order valence-electron chi connectivity index (χ0n) is 14.2. The number of nitro benzene ring substituents is 1. The Morgan fingerprint density at radius 2 is 1.63 bits per heavy atom. The van der Waals surface area contributed by atoms with E-state index in [4.69, 9.17) is 11.6 Å². The zero-order valence-corrected chi connectivity index (χ0v) is 14.9. The fraction of sp³-hybridized carbons (Fsp3) is 0. The van der Waals surface area contributed by atoms with Crippen LogP contribution < -0.4 is 0 Å². The highest BCUT2D eigenvalue weighted by molar-refractivity contribution is 6.30. The van der Waals surface area contributed by atoms with Gasteiger partial charge in [0.1, 0.15) is 0 Å². The van der Waals surface area contributed by atoms with Crippen LogP contribution in [0.4, 0.5) is 5.69 Å². The number of allylic oxidation sites excluding steroid dienone is 4. The molecule has 0 aromatic heterocycles. The Balaban J connectivity index is 1.62. The number of rotatable bonds is 5. The molecule has 0 amide bonds. The maximum absolute atomic E-state index is 12.1. The van der Waals surface area contributed by atoms with Crippen molar-refractivity contribution in [3.8, 4) is 0 Å². The number of carbonyl (C=O) groups is 1. The molecule has 1 heterocycles. The van der Waals surface area contributed by atoms with Crippen molar-refractivity contribution in [2.75, 3.05) is 0 Å². The molecule has 1 aliphatic rings. The number of hydrogen-bond acceptors (Lipinski definition) is 4. The lowest BCUT2D eigenvalue weighted by atomic mass is 10.1. The quantitative estimate of drug-likeness (QED) is 0.303. The lowest BCUT2D eigenvalue weighted by Gasteiger charge is -2.13. The number of benzene rings is 2. The second-order valence-electron chi connectivity index (χ2n) is 5.76. The Morgan fingerprint density at radius 1 is 1.00 bits per heavy atom. The summed E-state index contributed by atoms with van der Waals surface area (Å²) >= 11 is 5.82. The van der Waals surface area contributed by atoms with Crippen LogP contribution in [-0.4, -0.2) is 15.6 Å². The predicted molar refractivity (Wildman–Crippen MR) is 106 cm³/mol. The maximum Gasteiger partial charge on any atom is 0.269 e. The van der Waals surface area contributed by atoms with Gasteiger partial charge in [-0.1, -0.05) is 11.6 Å². The number of nitro groups is 1. The molecule has 0 saturated heterocycles. The first-order valence-corrected chi connectivity index (χ1v) is 8.47. The lowest BCUT2D eigenvalue weighted by molar-refractivity contribution is -0.384. The fourth-order valence-corrected chi connectivity index (χ4v) is 2.52. The van der Waals surface area contributed by atoms with E-state index in [0.29, 0.717) is 10.6 Å². The Kier molecular flexibility index (Phi) is 5.64. The standard InChI is InChI=1S/C21H15ClN2O3/c22-19-5-3-18(4-6-19)21(25)11-14-23-12-9-17(10-13-23)15-16-1-7-20(8-2-16)24(26)27/h1-15H. The SMILES string of the molecule is O=C(C=CN1C=CC(=Cc2ccc([N+](=O)[O-])cc2)C=C1)c1ccc(Cl)cc1. The van der Waals surface area contributed by atoms with Crippen LogP contribution in [0.2, 0.25) is 5.02 Å². The number of halogens is 1. The molecule has 0 N–H and O–H groups in total. The van der Waals surface area contributed by atoms with E-state index in [1.807, 2.05) is 30.6 Å². The van der Waals surface area contributed by atoms with Crippen molar-refractivity contribution in [1.82, 2.24) is 4.90 Å². The van der Waals surface area contributed by atoms with Gasteiger partial charge in [-0.05, 0) is 65.8 Å². The molecule has 0 bridgehead atoms. The third-order valence-corrected chi connectivity index (χ3v) is 4.09. The maximum atomic E-state index is 12.1. The molecule has 27 heavy (non-hydrogen) atoms. The van der Waals surface area contributed by atoms with Crippen molar-refractivity contribution in [3.05, 3.63) is 117 Å². The molecule has 6 heteroatoms. The summed E-state index contributed by atoms with van der Waals surface area (Å²) in [6, 6.07) is 13.1. The molecule has 2 aromatic carbocycles. The Labute approximate surface area is 161 Å². The molecular formula is C21H15ClN2O3. The monoisotopic (exact) mass is 378 g/mol. The Bertz CT molecular complexity index is 955. The van der Waals surface area contributed by atoms with Gasteiger partial charge in [-0.15, -0.1) is 0 Å². The summed E-state index contributed by atoms with van der Waals surface area (Å²) in [5.41, 5.74) is 2.44. The summed E-state index contributed by atoms with van der Waals surface area (Å²) in [6.07, 6.45) is 12.5. The van der Waals surface area contributed by atoms with Gasteiger partial charge in [0.15, 0.2) is 5.78 Å². The molecule has 0 saturated carbocycles. The molecule has 3 rings (SSSR count). The van der Waals surface area contributed by atoms with Gasteiger partial charge in [0, 0.05) is 47.4 Å². The van der Waals surface area contributed by atoms with Crippen LogP contribution in [0.3, 0.4) is 0 Å². The van der Waals surface area contributed by atoms with Gasteiger partial charge >= 0.3 is 0 Å². The fourth-order valence-electron chi connectivity index (χ4n) is 2.39. The summed E-state index contributed by atoms with van der Waals surface area (Å²) in [7, 11) is 0. The minimum atomic E-state index is -0.424. The van der Waals surface area contributed by atoms with Gasteiger partial charge in [0.25, 0.3) is 5.69 Å². The summed E-state index contributed by atoms with van der Waals surface area (Å²) in [4.78, 5) is 24.1. The Hall–Kier alpha value is -3.44. The highest BCUT2D eigenvalue weighted by Gasteiger charge is 2.05. The van der Waals surface area contributed by atoms with Crippen LogP contribution in [0.5, 0.6) is 0 Å². The largest absolute Gasteiger partial charge is 0.330 e. The zero-order chi connectivity index (χ0) is 19.2. The van der Waals surface area contributed by atoms with Crippen LogP contribution in [0.15, 0.2) is 90.9 Å². The van der Waals surface area contributed by atoms with Crippen molar-refractivity contribution in [2.24, 2.45) is 0 Å². The molecule has 0 radical (unpaired) electrons. The van der Waals surface area contributed by atoms with Crippen LogP contribution in [0.1, 0.15) is 15.9 Å². The van der Waals surface area contributed by atoms with Gasteiger partial charge in [-0.3, -0.25) is 14.9 Å². The second-order valence-corrected chi connectivity index (χ2v) is 6.19. The third kappa shape index (κ3) is 5.03. The number of nitrogens with zero attached hydrogens (tertiary/aromatic N) is 2. The van der Waals surface area contributed by atoms with Crippen molar-refractivity contribution in [3.63, 3.8) is 0 Å². The molecule has 0 unspecified atom stereocenters. The van der Waals surface area contributed by atoms with Crippen molar-refractivity contribution in [2.45, 2.75) is 0 Å². The first-order chi connectivity index (χ1) is 13.0. The molecule has 5 nitrogen and oxygen atoms in total. The molecule has 2 aromatic rings. The minimum absolute atomic E-state index is 0.0635. The van der Waals surface area contributed by atoms with E-state index in [1.54, 1.807) is 47.5 Å². The van der Waals surface area contributed by atoms with Gasteiger partial charge in [0.05, 0.1) is 4.92 Å². The molecule has 0 aliphatic carbocycles. The minimum Gasteiger partial charge on any atom is -0.330 e. The van der Waals surface area contributed by atoms with Crippen LogP contribution in [0.25, 0.3) is 6.08 Å². The van der Waals surface area contributed by atoms with Gasteiger partial charge in [-0.25, -0.2) is 0 Å². The van der Waals surface area contributed by atoms with Crippen molar-refractivity contribution < 1.29 is 9.72 Å². The first-order valence-electron chi connectivity index (χ1n) is 8.09. The van der Waals surface area contributed by atoms with E-state index in [-0.39, 0.29) is 11.5 Å². The van der Waals surface area contributed by atoms with Gasteiger partial charge in [0.2, 0.25) is 0 Å². The van der Waals surface area contributed by atoms with Gasteiger partial charge < -0.3 is 4.90 Å². The summed E-state index contributed by atoms with van der Waals surface area (Å²) in [6.45, 7) is 0. The summed E-state index contributed by atoms with van der Waals surface area (Å²) in [5.74, 6) is -0.110. The topological polar surface area (TPSA) is 63.5 Å². The molecule has 0 spiro atoms. The van der Waals surface area contributed by atoms with E-state index in [2.05, 4.69) is 0 Å². The van der Waals surface area contributed by atoms with Crippen LogP contribution in [0, 0.1) is 10.1 Å². The average molecular weight is 379 g/mol. The predicted octanol–water partition coefficient (Wildman–Crippen LogP) is 5.37. The Morgan fingerprint density at radius 3 is 2.22 bits per heavy atom. The molecule has 134 valence electrons. The lowest BCUT2D eigenvalue weighted by Crippen LogP contribution is -2.04. The molecular weight excluding hydrogens is 364 g/mol. The number of non-ortho nitro benzene ring substituents is 1. The number of carbonyl (C=O) groups excluding carboxylic acids is 1. The number of ketones is 1. The third-order valence-electron chi connectivity index (χ3n) is 3.84. The van der Waals surface area contributed by atoms with Crippen LogP contribution in [-0.2, 0) is 0 Å². The van der Waals surface area contributed by atoms with E-state index < -0.39 is 4.92 Å². The van der Waals surface area contributed by atoms with Crippen LogP contribution >= 0.6 is 11.6 Å². The molecule has 0 fully saturated rings. The average Bonchev–Trinajstić information content (AvgIpc) is 2.68. The van der Waals surface area contributed by atoms with E-state index >= 15 is 0 Å². The molecule has 1 aliphatic heterocycles. The first kappa shape index (κ1) is 18.4. The number of hydrogen-bond donors (Lipinski definition) is 0. The van der Waals surface area contributed by atoms with E-state index in [1.165, 1.54) is 18.2 Å². The normalized spacial score (nSPS) is 13.2. The highest BCUT2D eigenvalue weighted by Crippen LogP contribution is 2.18. The molecule has 0 atom stereocenters. The van der Waals surface area contributed by atoms with E-state index in [0.717, 1.165) is 11.1 Å². The smallest absolute Gasteiger partial charge is 0.269 e. The summed E-state index contributed by atoms with van der Waals surface area (Å²) < 4.78 is 0. The van der Waals surface area contributed by atoms with Gasteiger partial charge in [-0.2, -0.15) is 0 Å². The highest BCUT2D eigenvalue weighted by atomic mass is 35.5. The van der Waals surface area contributed by atoms with Crippen molar-refractivity contribution in [1.29, 1.82) is 0 Å². The van der Waals surface area contributed by atoms with E-state index in [9.17, 15) is 14.9 Å². The van der Waals surface area contributed by atoms with Crippen molar-refractivity contribution >= 4 is 29.1 Å².